The van der Waals surface area contributed by atoms with Crippen LogP contribution in [0.3, 0.4) is 0 Å². The number of hydrogen-bond acceptors (Lipinski definition) is 3. The van der Waals surface area contributed by atoms with Gasteiger partial charge in [-0.25, -0.2) is 8.42 Å². The van der Waals surface area contributed by atoms with Crippen LogP contribution < -0.4 is 4.74 Å². The molecule has 2 aromatic carbocycles. The maximum atomic E-state index is 11.3. The zero-order valence-electron chi connectivity index (χ0n) is 9.93. The summed E-state index contributed by atoms with van der Waals surface area (Å²) < 4.78 is 28.1. The fourth-order valence-corrected chi connectivity index (χ4v) is 2.92. The molecule has 0 aliphatic carbocycles. The van der Waals surface area contributed by atoms with Gasteiger partial charge in [-0.1, -0.05) is 11.6 Å². The van der Waals surface area contributed by atoms with E-state index in [1.165, 1.54) is 6.07 Å². The Hall–Kier alpha value is -1.23. The van der Waals surface area contributed by atoms with Crippen molar-refractivity contribution in [2.75, 3.05) is 0 Å². The molecule has 100 valence electrons. The van der Waals surface area contributed by atoms with Crippen LogP contribution in [0.4, 0.5) is 0 Å². The second-order valence-electron chi connectivity index (χ2n) is 3.92. The lowest BCUT2D eigenvalue weighted by Crippen LogP contribution is -1.95. The lowest BCUT2D eigenvalue weighted by molar-refractivity contribution is 0.481. The van der Waals surface area contributed by atoms with Crippen molar-refractivity contribution in [3.05, 3.63) is 53.1 Å². The highest BCUT2D eigenvalue weighted by molar-refractivity contribution is 8.13. The van der Waals surface area contributed by atoms with Crippen molar-refractivity contribution in [3.8, 4) is 11.5 Å². The van der Waals surface area contributed by atoms with E-state index in [9.17, 15) is 8.42 Å². The summed E-state index contributed by atoms with van der Waals surface area (Å²) in [6.07, 6.45) is 0. The van der Waals surface area contributed by atoms with E-state index in [4.69, 9.17) is 27.0 Å². The molecular formula is C13H10Cl2O3S. The smallest absolute Gasteiger partial charge is 0.261 e. The minimum atomic E-state index is -3.73. The number of ether oxygens (including phenoxy) is 1. The lowest BCUT2D eigenvalue weighted by atomic mass is 10.2. The van der Waals surface area contributed by atoms with Gasteiger partial charge in [-0.3, -0.25) is 0 Å². The summed E-state index contributed by atoms with van der Waals surface area (Å²) >= 11 is 5.77. The van der Waals surface area contributed by atoms with Gasteiger partial charge < -0.3 is 4.74 Å². The van der Waals surface area contributed by atoms with Gasteiger partial charge in [0.25, 0.3) is 9.05 Å². The fraction of sp³-hybridized carbons (Fsp3) is 0.0769. The van der Waals surface area contributed by atoms with Gasteiger partial charge in [0, 0.05) is 15.7 Å². The Bertz CT molecular complexity index is 694. The third-order valence-corrected chi connectivity index (χ3v) is 4.19. The van der Waals surface area contributed by atoms with Crippen LogP contribution in [0.1, 0.15) is 5.56 Å². The van der Waals surface area contributed by atoms with Crippen LogP contribution in [-0.4, -0.2) is 8.42 Å². The lowest BCUT2D eigenvalue weighted by Gasteiger charge is -2.08. The summed E-state index contributed by atoms with van der Waals surface area (Å²) in [5, 5.41) is 0.618. The summed E-state index contributed by atoms with van der Waals surface area (Å²) in [6.45, 7) is 1.66. The van der Waals surface area contributed by atoms with Crippen LogP contribution >= 0.6 is 22.3 Å². The Labute approximate surface area is 121 Å². The third-order valence-electron chi connectivity index (χ3n) is 2.46. The Morgan fingerprint density at radius 1 is 1.00 bits per heavy atom. The first-order valence-corrected chi connectivity index (χ1v) is 8.04. The molecule has 0 aliphatic rings. The maximum Gasteiger partial charge on any atom is 0.261 e. The standard InChI is InChI=1S/C13H10Cl2O3S/c1-9-8-12(6-7-13(9)19(15,16)17)18-11-4-2-10(14)3-5-11/h2-8H,1H3. The highest BCUT2D eigenvalue weighted by atomic mass is 35.7. The number of rotatable bonds is 3. The molecule has 6 heteroatoms. The second-order valence-corrected chi connectivity index (χ2v) is 6.89. The molecule has 0 amide bonds. The Morgan fingerprint density at radius 2 is 1.58 bits per heavy atom. The van der Waals surface area contributed by atoms with Gasteiger partial charge in [-0.2, -0.15) is 0 Å². The Morgan fingerprint density at radius 3 is 2.11 bits per heavy atom. The summed E-state index contributed by atoms with van der Waals surface area (Å²) in [5.74, 6) is 1.15. The molecule has 2 rings (SSSR count). The SMILES string of the molecule is Cc1cc(Oc2ccc(Cl)cc2)ccc1S(=O)(=O)Cl. The van der Waals surface area contributed by atoms with E-state index in [-0.39, 0.29) is 4.90 Å². The first-order valence-electron chi connectivity index (χ1n) is 5.35. The van der Waals surface area contributed by atoms with Crippen LogP contribution in [0.25, 0.3) is 0 Å². The van der Waals surface area contributed by atoms with E-state index in [1.807, 2.05) is 0 Å². The minimum Gasteiger partial charge on any atom is -0.457 e. The number of halogens is 2. The molecule has 0 aliphatic heterocycles. The number of hydrogen-bond donors (Lipinski definition) is 0. The van der Waals surface area contributed by atoms with Crippen LogP contribution in [0.15, 0.2) is 47.4 Å². The van der Waals surface area contributed by atoms with Crippen molar-refractivity contribution in [1.29, 1.82) is 0 Å². The summed E-state index contributed by atoms with van der Waals surface area (Å²) in [5.41, 5.74) is 0.529. The predicted molar refractivity (Wildman–Crippen MR) is 75.7 cm³/mol. The predicted octanol–water partition coefficient (Wildman–Crippen LogP) is 4.37. The van der Waals surface area contributed by atoms with Crippen LogP contribution in [0, 0.1) is 6.92 Å². The van der Waals surface area contributed by atoms with Crippen molar-refractivity contribution in [3.63, 3.8) is 0 Å². The largest absolute Gasteiger partial charge is 0.457 e. The normalized spacial score (nSPS) is 11.3. The van der Waals surface area contributed by atoms with Crippen LogP contribution in [-0.2, 0) is 9.05 Å². The van der Waals surface area contributed by atoms with E-state index in [2.05, 4.69) is 0 Å². The van der Waals surface area contributed by atoms with E-state index >= 15 is 0 Å². The molecule has 0 spiro atoms. The molecule has 0 aromatic heterocycles. The van der Waals surface area contributed by atoms with Crippen molar-refractivity contribution in [2.24, 2.45) is 0 Å². The van der Waals surface area contributed by atoms with Crippen molar-refractivity contribution in [2.45, 2.75) is 11.8 Å². The third kappa shape index (κ3) is 3.62. The summed E-state index contributed by atoms with van der Waals surface area (Å²) in [7, 11) is 1.58. The first-order chi connectivity index (χ1) is 8.86. The topological polar surface area (TPSA) is 43.4 Å². The van der Waals surface area contributed by atoms with E-state index in [0.29, 0.717) is 22.1 Å². The molecule has 0 N–H and O–H groups in total. The second kappa shape index (κ2) is 5.41. The van der Waals surface area contributed by atoms with Gasteiger partial charge in [0.2, 0.25) is 0 Å². The summed E-state index contributed by atoms with van der Waals surface area (Å²) in [6, 6.07) is 11.5. The highest BCUT2D eigenvalue weighted by Gasteiger charge is 2.13. The van der Waals surface area contributed by atoms with Gasteiger partial charge in [-0.15, -0.1) is 0 Å². The van der Waals surface area contributed by atoms with E-state index < -0.39 is 9.05 Å². The molecule has 3 nitrogen and oxygen atoms in total. The zero-order valence-corrected chi connectivity index (χ0v) is 12.3. The molecule has 0 atom stereocenters. The highest BCUT2D eigenvalue weighted by Crippen LogP contribution is 2.27. The molecule has 0 saturated carbocycles. The van der Waals surface area contributed by atoms with Gasteiger partial charge in [0.05, 0.1) is 4.90 Å². The molecule has 0 radical (unpaired) electrons. The number of aryl methyl sites for hydroxylation is 1. The average molecular weight is 317 g/mol. The molecule has 2 aromatic rings. The molecule has 0 saturated heterocycles. The molecule has 0 bridgehead atoms. The van der Waals surface area contributed by atoms with Crippen molar-refractivity contribution in [1.82, 2.24) is 0 Å². The summed E-state index contributed by atoms with van der Waals surface area (Å²) in [4.78, 5) is 0.0811. The molecule has 0 heterocycles. The van der Waals surface area contributed by atoms with Crippen LogP contribution in [0.5, 0.6) is 11.5 Å². The van der Waals surface area contributed by atoms with E-state index in [1.54, 1.807) is 43.3 Å². The van der Waals surface area contributed by atoms with E-state index in [0.717, 1.165) is 0 Å². The molecular weight excluding hydrogens is 307 g/mol. The van der Waals surface area contributed by atoms with Gasteiger partial charge >= 0.3 is 0 Å². The Kier molecular flexibility index (Phi) is 4.04. The molecule has 0 fully saturated rings. The number of benzene rings is 2. The van der Waals surface area contributed by atoms with Gasteiger partial charge in [-0.05, 0) is 55.0 Å². The first kappa shape index (κ1) is 14.2. The molecule has 0 unspecified atom stereocenters. The van der Waals surface area contributed by atoms with Crippen molar-refractivity contribution >= 4 is 31.3 Å². The monoisotopic (exact) mass is 316 g/mol. The zero-order chi connectivity index (χ0) is 14.0. The quantitative estimate of drug-likeness (QED) is 0.790. The van der Waals surface area contributed by atoms with Gasteiger partial charge in [0.1, 0.15) is 11.5 Å². The minimum absolute atomic E-state index is 0.0811. The Balaban J connectivity index is 2.28. The van der Waals surface area contributed by atoms with Crippen LogP contribution in [0.2, 0.25) is 5.02 Å². The fourth-order valence-electron chi connectivity index (χ4n) is 1.60. The maximum absolute atomic E-state index is 11.3. The van der Waals surface area contributed by atoms with Gasteiger partial charge in [0.15, 0.2) is 0 Å². The molecule has 19 heavy (non-hydrogen) atoms. The van der Waals surface area contributed by atoms with Crippen molar-refractivity contribution < 1.29 is 13.2 Å². The average Bonchev–Trinajstić information content (AvgIpc) is 2.30.